The molecular formula is C10H16F2O2. The molecule has 1 rings (SSSR count). The van der Waals surface area contributed by atoms with E-state index in [1.54, 1.807) is 20.8 Å². The van der Waals surface area contributed by atoms with Crippen molar-refractivity contribution in [2.75, 3.05) is 6.61 Å². The molecule has 14 heavy (non-hydrogen) atoms. The van der Waals surface area contributed by atoms with E-state index in [1.165, 1.54) is 0 Å². The average molecular weight is 206 g/mol. The number of hydrogen-bond acceptors (Lipinski definition) is 2. The number of hydrogen-bond donors (Lipinski definition) is 0. The van der Waals surface area contributed by atoms with E-state index in [0.29, 0.717) is 6.61 Å². The molecule has 1 aliphatic rings. The maximum Gasteiger partial charge on any atom is 0.311 e. The van der Waals surface area contributed by atoms with E-state index in [0.717, 1.165) is 0 Å². The molecule has 0 amide bonds. The van der Waals surface area contributed by atoms with Crippen molar-refractivity contribution in [1.82, 2.24) is 0 Å². The molecule has 0 aliphatic heterocycles. The van der Waals surface area contributed by atoms with Crippen molar-refractivity contribution in [2.24, 2.45) is 11.3 Å². The summed E-state index contributed by atoms with van der Waals surface area (Å²) in [5.74, 6) is -3.20. The van der Waals surface area contributed by atoms with Gasteiger partial charge in [0.2, 0.25) is 5.92 Å². The van der Waals surface area contributed by atoms with Crippen LogP contribution < -0.4 is 0 Å². The Labute approximate surface area is 82.6 Å². The number of rotatable bonds is 3. The smallest absolute Gasteiger partial charge is 0.311 e. The molecule has 0 spiro atoms. The molecule has 0 N–H and O–H groups in total. The minimum Gasteiger partial charge on any atom is -0.466 e. The third-order valence-electron chi connectivity index (χ3n) is 2.91. The number of halogens is 2. The summed E-state index contributed by atoms with van der Waals surface area (Å²) in [7, 11) is 0. The molecule has 1 aliphatic carbocycles. The minimum absolute atomic E-state index is 0.196. The Morgan fingerprint density at radius 2 is 2.00 bits per heavy atom. The van der Waals surface area contributed by atoms with Gasteiger partial charge in [0.1, 0.15) is 0 Å². The van der Waals surface area contributed by atoms with Gasteiger partial charge in [0.25, 0.3) is 0 Å². The summed E-state index contributed by atoms with van der Waals surface area (Å²) in [6.07, 6.45) is -0.391. The van der Waals surface area contributed by atoms with Crippen LogP contribution in [0.2, 0.25) is 0 Å². The minimum atomic E-state index is -2.57. The highest BCUT2D eigenvalue weighted by atomic mass is 19.3. The number of ether oxygens (including phenoxy) is 1. The first kappa shape index (κ1) is 11.4. The standard InChI is InChI=1S/C10H16F2O2/c1-4-14-8(13)9(2,3)7-5-10(11,12)6-7/h7H,4-6H2,1-3H3. The highest BCUT2D eigenvalue weighted by Gasteiger charge is 2.54. The van der Waals surface area contributed by atoms with Crippen molar-refractivity contribution in [3.8, 4) is 0 Å². The van der Waals surface area contributed by atoms with Crippen molar-refractivity contribution in [2.45, 2.75) is 39.5 Å². The molecule has 0 aromatic heterocycles. The van der Waals surface area contributed by atoms with Crippen LogP contribution in [0.1, 0.15) is 33.6 Å². The van der Waals surface area contributed by atoms with Crippen molar-refractivity contribution < 1.29 is 18.3 Å². The lowest BCUT2D eigenvalue weighted by atomic mass is 9.65. The summed E-state index contributed by atoms with van der Waals surface area (Å²) in [5, 5.41) is 0. The maximum absolute atomic E-state index is 12.6. The zero-order chi connectivity index (χ0) is 11.0. The second kappa shape index (κ2) is 3.48. The van der Waals surface area contributed by atoms with Gasteiger partial charge in [-0.15, -0.1) is 0 Å². The summed E-state index contributed by atoms with van der Waals surface area (Å²) in [6, 6.07) is 0. The van der Waals surface area contributed by atoms with E-state index in [1.807, 2.05) is 0 Å². The highest BCUT2D eigenvalue weighted by molar-refractivity contribution is 5.76. The van der Waals surface area contributed by atoms with Crippen LogP contribution in [0.15, 0.2) is 0 Å². The van der Waals surface area contributed by atoms with Crippen LogP contribution in [0, 0.1) is 11.3 Å². The van der Waals surface area contributed by atoms with Crippen LogP contribution in [0.3, 0.4) is 0 Å². The second-order valence-corrected chi connectivity index (χ2v) is 4.40. The molecule has 0 aromatic rings. The van der Waals surface area contributed by atoms with Gasteiger partial charge < -0.3 is 4.74 Å². The Kier molecular flexibility index (Phi) is 2.83. The van der Waals surface area contributed by atoms with Gasteiger partial charge in [0.05, 0.1) is 12.0 Å². The zero-order valence-electron chi connectivity index (χ0n) is 8.77. The SMILES string of the molecule is CCOC(=O)C(C)(C)C1CC(F)(F)C1. The first-order valence-electron chi connectivity index (χ1n) is 4.84. The lowest BCUT2D eigenvalue weighted by Crippen LogP contribution is -2.47. The molecule has 2 nitrogen and oxygen atoms in total. The molecule has 0 unspecified atom stereocenters. The molecule has 0 saturated heterocycles. The van der Waals surface area contributed by atoms with Crippen molar-refractivity contribution in [3.05, 3.63) is 0 Å². The van der Waals surface area contributed by atoms with Gasteiger partial charge in [0.15, 0.2) is 0 Å². The summed E-state index contributed by atoms with van der Waals surface area (Å²) < 4.78 is 30.1. The van der Waals surface area contributed by atoms with Gasteiger partial charge in [-0.05, 0) is 26.7 Å². The lowest BCUT2D eigenvalue weighted by molar-refractivity contribution is -0.177. The van der Waals surface area contributed by atoms with Crippen LogP contribution in [0.25, 0.3) is 0 Å². The van der Waals surface area contributed by atoms with Crippen LogP contribution in [-0.4, -0.2) is 18.5 Å². The molecule has 0 bridgehead atoms. The summed E-state index contributed by atoms with van der Waals surface area (Å²) in [6.45, 7) is 5.35. The Morgan fingerprint density at radius 3 is 2.36 bits per heavy atom. The molecule has 0 aromatic carbocycles. The normalized spacial score (nSPS) is 21.5. The number of carbonyl (C=O) groups excluding carboxylic acids is 1. The summed E-state index contributed by atoms with van der Waals surface area (Å²) >= 11 is 0. The van der Waals surface area contributed by atoms with Crippen LogP contribution in [-0.2, 0) is 9.53 Å². The molecule has 1 fully saturated rings. The number of esters is 1. The van der Waals surface area contributed by atoms with E-state index in [2.05, 4.69) is 0 Å². The first-order valence-corrected chi connectivity index (χ1v) is 4.84. The third kappa shape index (κ3) is 2.04. The van der Waals surface area contributed by atoms with Crippen LogP contribution in [0.5, 0.6) is 0 Å². The van der Waals surface area contributed by atoms with E-state index >= 15 is 0 Å². The lowest BCUT2D eigenvalue weighted by Gasteiger charge is -2.43. The number of alkyl halides is 2. The topological polar surface area (TPSA) is 26.3 Å². The van der Waals surface area contributed by atoms with Gasteiger partial charge in [-0.2, -0.15) is 0 Å². The van der Waals surface area contributed by atoms with Crippen molar-refractivity contribution in [1.29, 1.82) is 0 Å². The fourth-order valence-corrected chi connectivity index (χ4v) is 1.66. The Morgan fingerprint density at radius 1 is 1.50 bits per heavy atom. The third-order valence-corrected chi connectivity index (χ3v) is 2.91. The van der Waals surface area contributed by atoms with Gasteiger partial charge in [-0.25, -0.2) is 8.78 Å². The molecule has 0 radical (unpaired) electrons. The molecular weight excluding hydrogens is 190 g/mol. The molecule has 4 heteroatoms. The predicted octanol–water partition coefficient (Wildman–Crippen LogP) is 2.62. The van der Waals surface area contributed by atoms with Gasteiger partial charge in [-0.3, -0.25) is 4.79 Å². The largest absolute Gasteiger partial charge is 0.466 e. The zero-order valence-corrected chi connectivity index (χ0v) is 8.77. The second-order valence-electron chi connectivity index (χ2n) is 4.40. The predicted molar refractivity (Wildman–Crippen MR) is 48.1 cm³/mol. The van der Waals surface area contributed by atoms with E-state index < -0.39 is 11.3 Å². The summed E-state index contributed by atoms with van der Waals surface area (Å²) in [4.78, 5) is 11.4. The fraction of sp³-hybridized carbons (Fsp3) is 0.900. The first-order chi connectivity index (χ1) is 6.29. The van der Waals surface area contributed by atoms with Gasteiger partial charge in [-0.1, -0.05) is 0 Å². The average Bonchev–Trinajstić information content (AvgIpc) is 2.00. The quantitative estimate of drug-likeness (QED) is 0.663. The summed E-state index contributed by atoms with van der Waals surface area (Å²) in [5.41, 5.74) is -0.780. The van der Waals surface area contributed by atoms with E-state index in [-0.39, 0.29) is 24.7 Å². The molecule has 0 heterocycles. The van der Waals surface area contributed by atoms with Crippen molar-refractivity contribution >= 4 is 5.97 Å². The molecule has 1 saturated carbocycles. The molecule has 82 valence electrons. The maximum atomic E-state index is 12.6. The fourth-order valence-electron chi connectivity index (χ4n) is 1.66. The van der Waals surface area contributed by atoms with Crippen LogP contribution in [0.4, 0.5) is 8.78 Å². The Balaban J connectivity index is 2.55. The monoisotopic (exact) mass is 206 g/mol. The Hall–Kier alpha value is -0.670. The Bertz CT molecular complexity index is 228. The van der Waals surface area contributed by atoms with Gasteiger partial charge in [0, 0.05) is 12.8 Å². The highest BCUT2D eigenvalue weighted by Crippen LogP contribution is 2.51. The number of carbonyl (C=O) groups is 1. The van der Waals surface area contributed by atoms with Crippen molar-refractivity contribution in [3.63, 3.8) is 0 Å². The van der Waals surface area contributed by atoms with Gasteiger partial charge >= 0.3 is 5.97 Å². The molecule has 0 atom stereocenters. The van der Waals surface area contributed by atoms with E-state index in [9.17, 15) is 13.6 Å². The van der Waals surface area contributed by atoms with Crippen LogP contribution >= 0.6 is 0 Å². The van der Waals surface area contributed by atoms with E-state index in [4.69, 9.17) is 4.74 Å².